The first kappa shape index (κ1) is 13.8. The zero-order valence-electron chi connectivity index (χ0n) is 9.67. The van der Waals surface area contributed by atoms with E-state index in [0.29, 0.717) is 11.8 Å². The third kappa shape index (κ3) is 3.95. The quantitative estimate of drug-likeness (QED) is 0.762. The molecular weight excluding hydrogens is 289 g/mol. The van der Waals surface area contributed by atoms with E-state index in [-0.39, 0.29) is 5.56 Å². The second-order valence-electron chi connectivity index (χ2n) is 4.21. The van der Waals surface area contributed by atoms with Crippen molar-refractivity contribution in [3.05, 3.63) is 32.7 Å². The van der Waals surface area contributed by atoms with Gasteiger partial charge in [-0.05, 0) is 47.7 Å². The summed E-state index contributed by atoms with van der Waals surface area (Å²) in [5.41, 5.74) is 0.876. The highest BCUT2D eigenvalue weighted by atomic mass is 79.9. The van der Waals surface area contributed by atoms with Crippen LogP contribution in [0.3, 0.4) is 0 Å². The summed E-state index contributed by atoms with van der Waals surface area (Å²) in [5, 5.41) is 0. The third-order valence-corrected chi connectivity index (χ3v) is 3.35. The molecule has 1 aromatic heterocycles. The summed E-state index contributed by atoms with van der Waals surface area (Å²) in [6.45, 7) is 4.77. The summed E-state index contributed by atoms with van der Waals surface area (Å²) in [7, 11) is 0. The second-order valence-corrected chi connectivity index (χ2v) is 5.51. The van der Waals surface area contributed by atoms with E-state index in [2.05, 4.69) is 22.9 Å². The van der Waals surface area contributed by atoms with E-state index in [9.17, 15) is 4.79 Å². The van der Waals surface area contributed by atoms with Crippen LogP contribution in [0.2, 0.25) is 0 Å². The molecule has 1 aromatic rings. The average molecular weight is 307 g/mol. The van der Waals surface area contributed by atoms with E-state index in [1.807, 2.05) is 19.2 Å². The van der Waals surface area contributed by atoms with Crippen LogP contribution in [0.5, 0.6) is 0 Å². The van der Waals surface area contributed by atoms with Gasteiger partial charge in [0.25, 0.3) is 5.56 Å². The highest BCUT2D eigenvalue weighted by Crippen LogP contribution is 2.12. The summed E-state index contributed by atoms with van der Waals surface area (Å²) in [6, 6.07) is 1.85. The average Bonchev–Trinajstić information content (AvgIpc) is 2.21. The molecule has 0 aliphatic heterocycles. The molecule has 0 N–H and O–H groups in total. The zero-order chi connectivity index (χ0) is 12.1. The van der Waals surface area contributed by atoms with Crippen LogP contribution in [0.4, 0.5) is 0 Å². The van der Waals surface area contributed by atoms with Crippen molar-refractivity contribution in [3.63, 3.8) is 0 Å². The molecule has 0 radical (unpaired) electrons. The van der Waals surface area contributed by atoms with Crippen LogP contribution in [-0.4, -0.2) is 10.4 Å². The van der Waals surface area contributed by atoms with Gasteiger partial charge in [0, 0.05) is 28.7 Å². The first-order chi connectivity index (χ1) is 7.54. The molecule has 0 fully saturated rings. The predicted molar refractivity (Wildman–Crippen MR) is 72.3 cm³/mol. The summed E-state index contributed by atoms with van der Waals surface area (Å²) in [6.07, 6.45) is 3.84. The van der Waals surface area contributed by atoms with Crippen molar-refractivity contribution < 1.29 is 0 Å². The van der Waals surface area contributed by atoms with Crippen molar-refractivity contribution in [3.8, 4) is 0 Å². The van der Waals surface area contributed by atoms with Crippen LogP contribution >= 0.6 is 27.5 Å². The monoisotopic (exact) mass is 305 g/mol. The summed E-state index contributed by atoms with van der Waals surface area (Å²) < 4.78 is 2.72. The van der Waals surface area contributed by atoms with E-state index in [1.54, 1.807) is 4.57 Å². The van der Waals surface area contributed by atoms with Gasteiger partial charge in [0.1, 0.15) is 0 Å². The van der Waals surface area contributed by atoms with Crippen LogP contribution in [0, 0.1) is 12.8 Å². The molecule has 1 heterocycles. The number of alkyl halides is 1. The molecule has 90 valence electrons. The molecule has 0 aliphatic carbocycles. The first-order valence-electron chi connectivity index (χ1n) is 5.47. The van der Waals surface area contributed by atoms with Crippen LogP contribution in [0.1, 0.15) is 25.3 Å². The van der Waals surface area contributed by atoms with Gasteiger partial charge in [0.2, 0.25) is 0 Å². The highest BCUT2D eigenvalue weighted by molar-refractivity contribution is 9.10. The van der Waals surface area contributed by atoms with Crippen molar-refractivity contribution in [1.82, 2.24) is 4.57 Å². The Morgan fingerprint density at radius 1 is 1.50 bits per heavy atom. The molecule has 1 unspecified atom stereocenters. The Kier molecular flexibility index (Phi) is 5.56. The minimum absolute atomic E-state index is 0.0984. The normalized spacial score (nSPS) is 12.8. The number of aromatic nitrogens is 1. The van der Waals surface area contributed by atoms with Gasteiger partial charge in [-0.1, -0.05) is 6.92 Å². The number of hydrogen-bond acceptors (Lipinski definition) is 1. The van der Waals surface area contributed by atoms with Gasteiger partial charge in [-0.2, -0.15) is 0 Å². The van der Waals surface area contributed by atoms with Crippen molar-refractivity contribution in [2.45, 2.75) is 33.2 Å². The molecule has 2 nitrogen and oxygen atoms in total. The topological polar surface area (TPSA) is 22.0 Å². The molecule has 0 bridgehead atoms. The largest absolute Gasteiger partial charge is 0.314 e. The van der Waals surface area contributed by atoms with Crippen molar-refractivity contribution in [2.75, 3.05) is 5.88 Å². The molecule has 0 aromatic carbocycles. The second kappa shape index (κ2) is 6.45. The number of aryl methyl sites for hydroxylation is 2. The Morgan fingerprint density at radius 3 is 2.81 bits per heavy atom. The molecule has 0 spiro atoms. The molecule has 1 rings (SSSR count). The lowest BCUT2D eigenvalue weighted by Crippen LogP contribution is -2.22. The molecular formula is C12H17BrClNO. The van der Waals surface area contributed by atoms with Crippen LogP contribution in [-0.2, 0) is 6.54 Å². The number of nitrogens with zero attached hydrogens (tertiary/aromatic N) is 1. The molecule has 0 saturated carbocycles. The third-order valence-electron chi connectivity index (χ3n) is 2.70. The first-order valence-corrected chi connectivity index (χ1v) is 6.80. The minimum atomic E-state index is 0.0984. The molecule has 0 aliphatic rings. The fraction of sp³-hybridized carbons (Fsp3) is 0.583. The molecule has 16 heavy (non-hydrogen) atoms. The highest BCUT2D eigenvalue weighted by Gasteiger charge is 2.05. The Morgan fingerprint density at radius 2 is 2.19 bits per heavy atom. The van der Waals surface area contributed by atoms with E-state index in [1.165, 1.54) is 0 Å². The van der Waals surface area contributed by atoms with Gasteiger partial charge in [-0.3, -0.25) is 4.79 Å². The standard InChI is InChI=1S/C12H17BrClNO/c1-9(3-5-14)4-6-15-8-11(13)7-10(2)12(15)16/h7-9H,3-6H2,1-2H3. The maximum absolute atomic E-state index is 11.8. The minimum Gasteiger partial charge on any atom is -0.314 e. The lowest BCUT2D eigenvalue weighted by molar-refractivity contribution is 0.464. The van der Waals surface area contributed by atoms with Crippen molar-refractivity contribution in [1.29, 1.82) is 0 Å². The van der Waals surface area contributed by atoms with Gasteiger partial charge >= 0.3 is 0 Å². The maximum atomic E-state index is 11.8. The number of halogens is 2. The van der Waals surface area contributed by atoms with Gasteiger partial charge in [0.05, 0.1) is 0 Å². The van der Waals surface area contributed by atoms with Gasteiger partial charge in [-0.15, -0.1) is 11.6 Å². The Bertz CT molecular complexity index is 402. The van der Waals surface area contributed by atoms with E-state index < -0.39 is 0 Å². The Balaban J connectivity index is 2.70. The van der Waals surface area contributed by atoms with E-state index >= 15 is 0 Å². The molecule has 1 atom stereocenters. The molecule has 0 amide bonds. The van der Waals surface area contributed by atoms with Crippen LogP contribution < -0.4 is 5.56 Å². The van der Waals surface area contributed by atoms with Crippen LogP contribution in [0.25, 0.3) is 0 Å². The smallest absolute Gasteiger partial charge is 0.253 e. The fourth-order valence-electron chi connectivity index (χ4n) is 1.60. The number of pyridine rings is 1. The maximum Gasteiger partial charge on any atom is 0.253 e. The van der Waals surface area contributed by atoms with Gasteiger partial charge < -0.3 is 4.57 Å². The predicted octanol–water partition coefficient (Wildman–Crippen LogP) is 3.57. The SMILES string of the molecule is Cc1cc(Br)cn(CCC(C)CCCl)c1=O. The number of rotatable bonds is 5. The van der Waals surface area contributed by atoms with Gasteiger partial charge in [0.15, 0.2) is 0 Å². The summed E-state index contributed by atoms with van der Waals surface area (Å²) in [4.78, 5) is 11.8. The van der Waals surface area contributed by atoms with E-state index in [4.69, 9.17) is 11.6 Å². The van der Waals surface area contributed by atoms with Crippen molar-refractivity contribution in [2.24, 2.45) is 5.92 Å². The fourth-order valence-corrected chi connectivity index (χ4v) is 2.56. The zero-order valence-corrected chi connectivity index (χ0v) is 12.0. The lowest BCUT2D eigenvalue weighted by atomic mass is 10.1. The van der Waals surface area contributed by atoms with Crippen LogP contribution in [0.15, 0.2) is 21.5 Å². The van der Waals surface area contributed by atoms with Crippen molar-refractivity contribution >= 4 is 27.5 Å². The number of hydrogen-bond donors (Lipinski definition) is 0. The molecule has 0 saturated heterocycles. The van der Waals surface area contributed by atoms with Gasteiger partial charge in [-0.25, -0.2) is 0 Å². The van der Waals surface area contributed by atoms with E-state index in [0.717, 1.165) is 29.4 Å². The lowest BCUT2D eigenvalue weighted by Gasteiger charge is -2.12. The Hall–Kier alpha value is -0.280. The summed E-state index contributed by atoms with van der Waals surface area (Å²) in [5.74, 6) is 1.25. The molecule has 4 heteroatoms. The Labute approximate surface area is 110 Å². The summed E-state index contributed by atoms with van der Waals surface area (Å²) >= 11 is 9.09.